The van der Waals surface area contributed by atoms with Gasteiger partial charge in [0.05, 0.1) is 35.4 Å². The minimum Gasteiger partial charge on any atom is -0.384 e. The third-order valence-corrected chi connectivity index (χ3v) is 4.53. The number of hydrogen-bond acceptors (Lipinski definition) is 6. The average Bonchev–Trinajstić information content (AvgIpc) is 3.17. The fourth-order valence-electron chi connectivity index (χ4n) is 3.03. The normalized spacial score (nSPS) is 11.6. The number of hydrogen-bond donors (Lipinski definition) is 4. The zero-order valence-corrected chi connectivity index (χ0v) is 18.6. The molecule has 0 amide bonds. The van der Waals surface area contributed by atoms with Crippen molar-refractivity contribution in [2.75, 3.05) is 0 Å². The van der Waals surface area contributed by atoms with Crippen LogP contribution in [0.15, 0.2) is 48.8 Å². The van der Waals surface area contributed by atoms with Crippen molar-refractivity contribution < 1.29 is 33.1 Å². The highest BCUT2D eigenvalue weighted by molar-refractivity contribution is 7.45. The van der Waals surface area contributed by atoms with Gasteiger partial charge in [-0.25, -0.2) is 23.3 Å². The highest BCUT2D eigenvalue weighted by atomic mass is 31.2. The summed E-state index contributed by atoms with van der Waals surface area (Å²) in [6.45, 7) is 3.20. The number of aliphatic hydroxyl groups is 1. The lowest BCUT2D eigenvalue weighted by atomic mass is 9.97. The lowest BCUT2D eigenvalue weighted by Gasteiger charge is -2.15. The molecule has 2 aromatic carbocycles. The summed E-state index contributed by atoms with van der Waals surface area (Å²) in [5.41, 5.74) is 0.708. The van der Waals surface area contributed by atoms with Crippen molar-refractivity contribution in [1.29, 1.82) is 5.26 Å². The van der Waals surface area contributed by atoms with Crippen LogP contribution in [0.25, 0.3) is 28.2 Å². The third kappa shape index (κ3) is 5.66. The summed E-state index contributed by atoms with van der Waals surface area (Å²) in [6.07, 6.45) is 3.00. The van der Waals surface area contributed by atoms with Gasteiger partial charge in [0.15, 0.2) is 11.6 Å². The molecule has 4 rings (SSSR count). The van der Waals surface area contributed by atoms with E-state index in [2.05, 4.69) is 15.1 Å². The molecule has 4 N–H and O–H groups in total. The molecule has 2 heterocycles. The lowest BCUT2D eigenvalue weighted by Crippen LogP contribution is -2.19. The number of imidazole rings is 1. The standard InChI is InChI=1S/C21H15F2N5O.H3O4P/c1-21(2,29)17-11-26-28-16(10-25-20(28)27-17)12-4-3-5-13(8-12)18-14(9-24)6-7-15(22)19(18)23;1-5(2,3)4/h3-8,10-11,29H,1-2H3;(H3,1,2,3,4). The first-order valence-corrected chi connectivity index (χ1v) is 11.1. The van der Waals surface area contributed by atoms with E-state index in [9.17, 15) is 19.1 Å². The number of fused-ring (bicyclic) bond motifs is 1. The lowest BCUT2D eigenvalue weighted by molar-refractivity contribution is 0.0734. The Balaban J connectivity index is 0.000000588. The van der Waals surface area contributed by atoms with Crippen molar-refractivity contribution in [3.8, 4) is 28.5 Å². The van der Waals surface area contributed by atoms with Gasteiger partial charge in [-0.3, -0.25) is 0 Å². The topological polar surface area (TPSA) is 165 Å². The maximum atomic E-state index is 14.4. The van der Waals surface area contributed by atoms with Crippen LogP contribution in [-0.4, -0.2) is 39.4 Å². The van der Waals surface area contributed by atoms with E-state index in [1.807, 2.05) is 6.07 Å². The molecule has 2 aromatic heterocycles. The van der Waals surface area contributed by atoms with E-state index >= 15 is 0 Å². The first-order valence-electron chi connectivity index (χ1n) is 9.50. The number of nitrogens with zero attached hydrogens (tertiary/aromatic N) is 5. The summed E-state index contributed by atoms with van der Waals surface area (Å²) in [5, 5.41) is 23.7. The maximum Gasteiger partial charge on any atom is 0.466 e. The van der Waals surface area contributed by atoms with Gasteiger partial charge in [-0.15, -0.1) is 0 Å². The summed E-state index contributed by atoms with van der Waals surface area (Å²) in [5.74, 6) is -1.81. The molecule has 10 nitrogen and oxygen atoms in total. The molecule has 0 spiro atoms. The predicted molar refractivity (Wildman–Crippen MR) is 116 cm³/mol. The van der Waals surface area contributed by atoms with Crippen LogP contribution in [0.2, 0.25) is 0 Å². The van der Waals surface area contributed by atoms with Gasteiger partial charge in [0.2, 0.25) is 0 Å². The molecule has 4 aromatic rings. The van der Waals surface area contributed by atoms with E-state index in [1.54, 1.807) is 44.3 Å². The van der Waals surface area contributed by atoms with Crippen molar-refractivity contribution in [3.63, 3.8) is 0 Å². The monoisotopic (exact) mass is 489 g/mol. The quantitative estimate of drug-likeness (QED) is 0.317. The number of phosphoric acid groups is 1. The highest BCUT2D eigenvalue weighted by Gasteiger charge is 2.21. The minimum atomic E-state index is -4.64. The second kappa shape index (κ2) is 9.34. The Kier molecular flexibility index (Phi) is 6.88. The first kappa shape index (κ1) is 25.0. The number of rotatable bonds is 3. The van der Waals surface area contributed by atoms with Gasteiger partial charge in [0.1, 0.15) is 5.60 Å². The predicted octanol–water partition coefficient (Wildman–Crippen LogP) is 2.91. The van der Waals surface area contributed by atoms with Crippen LogP contribution < -0.4 is 0 Å². The van der Waals surface area contributed by atoms with E-state index in [4.69, 9.17) is 19.2 Å². The molecule has 0 saturated heterocycles. The number of halogens is 2. The Morgan fingerprint density at radius 3 is 2.35 bits per heavy atom. The highest BCUT2D eigenvalue weighted by Crippen LogP contribution is 2.32. The van der Waals surface area contributed by atoms with E-state index in [0.717, 1.165) is 6.07 Å². The summed E-state index contributed by atoms with van der Waals surface area (Å²) in [6, 6.07) is 10.8. The maximum absolute atomic E-state index is 14.4. The van der Waals surface area contributed by atoms with Crippen LogP contribution in [0.4, 0.5) is 8.78 Å². The van der Waals surface area contributed by atoms with Gasteiger partial charge in [-0.2, -0.15) is 14.9 Å². The van der Waals surface area contributed by atoms with E-state index in [1.165, 1.54) is 16.8 Å². The first-order chi connectivity index (χ1) is 15.8. The van der Waals surface area contributed by atoms with Crippen molar-refractivity contribution in [2.45, 2.75) is 19.4 Å². The number of aromatic nitrogens is 4. The Labute approximate surface area is 191 Å². The largest absolute Gasteiger partial charge is 0.466 e. The molecule has 13 heteroatoms. The van der Waals surface area contributed by atoms with Crippen LogP contribution in [0.1, 0.15) is 25.1 Å². The van der Waals surface area contributed by atoms with Crippen molar-refractivity contribution in [1.82, 2.24) is 19.6 Å². The van der Waals surface area contributed by atoms with Crippen molar-refractivity contribution in [2.24, 2.45) is 0 Å². The summed E-state index contributed by atoms with van der Waals surface area (Å²) in [7, 11) is -4.64. The van der Waals surface area contributed by atoms with Gasteiger partial charge >= 0.3 is 7.82 Å². The molecule has 176 valence electrons. The SMILES string of the molecule is CC(C)(O)c1cnn2c(-c3cccc(-c4c(C#N)ccc(F)c4F)c3)cnc2n1.O=P(O)(O)O. The molecule has 0 fully saturated rings. The molecule has 34 heavy (non-hydrogen) atoms. The van der Waals surface area contributed by atoms with Gasteiger partial charge in [-0.05, 0) is 37.6 Å². The Morgan fingerprint density at radius 2 is 1.74 bits per heavy atom. The summed E-state index contributed by atoms with van der Waals surface area (Å²) in [4.78, 5) is 30.1. The van der Waals surface area contributed by atoms with Crippen molar-refractivity contribution >= 4 is 13.6 Å². The Bertz CT molecular complexity index is 1450. The van der Waals surface area contributed by atoms with E-state index in [0.29, 0.717) is 28.3 Å². The molecular weight excluding hydrogens is 471 g/mol. The van der Waals surface area contributed by atoms with Crippen LogP contribution >= 0.6 is 7.82 Å². The Morgan fingerprint density at radius 1 is 1.09 bits per heavy atom. The van der Waals surface area contributed by atoms with Crippen LogP contribution in [0.3, 0.4) is 0 Å². The fourth-order valence-corrected chi connectivity index (χ4v) is 3.03. The second-order valence-corrected chi connectivity index (χ2v) is 8.57. The smallest absolute Gasteiger partial charge is 0.384 e. The van der Waals surface area contributed by atoms with Crippen molar-refractivity contribution in [3.05, 3.63) is 71.7 Å². The fraction of sp³-hybridized carbons (Fsp3) is 0.143. The summed E-state index contributed by atoms with van der Waals surface area (Å²) < 4.78 is 38.6. The molecule has 0 bridgehead atoms. The number of nitriles is 1. The van der Waals surface area contributed by atoms with E-state index in [-0.39, 0.29) is 11.1 Å². The van der Waals surface area contributed by atoms with E-state index < -0.39 is 25.1 Å². The second-order valence-electron chi connectivity index (χ2n) is 7.55. The minimum absolute atomic E-state index is 0.0359. The van der Waals surface area contributed by atoms with Gasteiger partial charge < -0.3 is 19.8 Å². The molecule has 0 aliphatic carbocycles. The molecule has 0 atom stereocenters. The zero-order chi connectivity index (χ0) is 25.3. The zero-order valence-electron chi connectivity index (χ0n) is 17.8. The average molecular weight is 489 g/mol. The Hall–Kier alpha value is -3.59. The molecule has 0 aliphatic rings. The number of benzene rings is 2. The van der Waals surface area contributed by atoms with Gasteiger partial charge in [-0.1, -0.05) is 18.2 Å². The molecule has 0 saturated carbocycles. The van der Waals surface area contributed by atoms with Gasteiger partial charge in [0.25, 0.3) is 5.78 Å². The van der Waals surface area contributed by atoms with Crippen LogP contribution in [-0.2, 0) is 10.2 Å². The van der Waals surface area contributed by atoms with Gasteiger partial charge in [0, 0.05) is 11.1 Å². The third-order valence-electron chi connectivity index (χ3n) is 4.53. The molecule has 0 aliphatic heterocycles. The molecule has 0 unspecified atom stereocenters. The molecular formula is C21H18F2N5O5P. The summed E-state index contributed by atoms with van der Waals surface area (Å²) >= 11 is 0. The van der Waals surface area contributed by atoms with Crippen LogP contribution in [0, 0.1) is 23.0 Å². The molecule has 0 radical (unpaired) electrons. The van der Waals surface area contributed by atoms with Crippen LogP contribution in [0.5, 0.6) is 0 Å².